The minimum absolute atomic E-state index is 0.0324. The molecule has 0 atom stereocenters. The standard InChI is InChI=1S/C21H24N2O3/c1-22(15-18-8-5-4-6-9-18)21(25)16-23(2)20(24)13-12-17-10-7-11-19(14-17)26-3/h4-14H,15-16H2,1-3H3/b13-12+. The SMILES string of the molecule is COc1cccc(/C=C/C(=O)N(C)CC(=O)N(C)Cc2ccccc2)c1. The zero-order chi connectivity index (χ0) is 18.9. The molecular weight excluding hydrogens is 328 g/mol. The predicted molar refractivity (Wildman–Crippen MR) is 103 cm³/mol. The highest BCUT2D eigenvalue weighted by molar-refractivity contribution is 5.94. The highest BCUT2D eigenvalue weighted by Crippen LogP contribution is 2.13. The molecule has 2 rings (SSSR count). The zero-order valence-corrected chi connectivity index (χ0v) is 15.4. The molecule has 2 aromatic rings. The number of hydrogen-bond acceptors (Lipinski definition) is 3. The Morgan fingerprint density at radius 1 is 1.00 bits per heavy atom. The first-order valence-corrected chi connectivity index (χ1v) is 8.34. The second-order valence-electron chi connectivity index (χ2n) is 6.04. The summed E-state index contributed by atoms with van der Waals surface area (Å²) in [5, 5.41) is 0. The van der Waals surface area contributed by atoms with E-state index in [0.717, 1.165) is 16.9 Å². The van der Waals surface area contributed by atoms with Crippen LogP contribution in [0.1, 0.15) is 11.1 Å². The highest BCUT2D eigenvalue weighted by Gasteiger charge is 2.14. The van der Waals surface area contributed by atoms with Crippen LogP contribution in [0.5, 0.6) is 5.75 Å². The lowest BCUT2D eigenvalue weighted by Gasteiger charge is -2.21. The lowest BCUT2D eigenvalue weighted by Crippen LogP contribution is -2.38. The molecule has 0 N–H and O–H groups in total. The first kappa shape index (κ1) is 19.2. The summed E-state index contributed by atoms with van der Waals surface area (Å²) in [6, 6.07) is 17.2. The van der Waals surface area contributed by atoms with Crippen LogP contribution >= 0.6 is 0 Å². The molecule has 5 heteroatoms. The molecule has 0 saturated heterocycles. The number of rotatable bonds is 7. The van der Waals surface area contributed by atoms with Gasteiger partial charge in [-0.3, -0.25) is 9.59 Å². The van der Waals surface area contributed by atoms with Gasteiger partial charge in [-0.25, -0.2) is 0 Å². The maximum Gasteiger partial charge on any atom is 0.246 e. The second-order valence-corrected chi connectivity index (χ2v) is 6.04. The van der Waals surface area contributed by atoms with Gasteiger partial charge in [0.25, 0.3) is 0 Å². The molecule has 2 aromatic carbocycles. The van der Waals surface area contributed by atoms with Crippen LogP contribution in [0.4, 0.5) is 0 Å². The van der Waals surface area contributed by atoms with E-state index in [0.29, 0.717) is 6.54 Å². The van der Waals surface area contributed by atoms with E-state index >= 15 is 0 Å². The number of carbonyl (C=O) groups is 2. The monoisotopic (exact) mass is 352 g/mol. The lowest BCUT2D eigenvalue weighted by molar-refractivity contribution is -0.136. The number of carbonyl (C=O) groups excluding carboxylic acids is 2. The number of likely N-dealkylation sites (N-methyl/N-ethyl adjacent to an activating group) is 2. The van der Waals surface area contributed by atoms with E-state index < -0.39 is 0 Å². The minimum atomic E-state index is -0.228. The van der Waals surface area contributed by atoms with Crippen LogP contribution in [-0.4, -0.2) is 49.4 Å². The summed E-state index contributed by atoms with van der Waals surface area (Å²) in [5.74, 6) is 0.388. The van der Waals surface area contributed by atoms with Crippen molar-refractivity contribution in [3.63, 3.8) is 0 Å². The summed E-state index contributed by atoms with van der Waals surface area (Å²) in [6.45, 7) is 0.548. The number of methoxy groups -OCH3 is 1. The Morgan fingerprint density at radius 3 is 2.42 bits per heavy atom. The van der Waals surface area contributed by atoms with Gasteiger partial charge in [0, 0.05) is 26.7 Å². The lowest BCUT2D eigenvalue weighted by atomic mass is 10.2. The van der Waals surface area contributed by atoms with E-state index in [1.807, 2.05) is 54.6 Å². The van der Waals surface area contributed by atoms with E-state index in [2.05, 4.69) is 0 Å². The van der Waals surface area contributed by atoms with Gasteiger partial charge in [0.1, 0.15) is 5.75 Å². The number of amides is 2. The van der Waals surface area contributed by atoms with Crippen molar-refractivity contribution in [2.75, 3.05) is 27.7 Å². The van der Waals surface area contributed by atoms with Crippen LogP contribution in [-0.2, 0) is 16.1 Å². The molecule has 26 heavy (non-hydrogen) atoms. The van der Waals surface area contributed by atoms with E-state index in [1.165, 1.54) is 11.0 Å². The van der Waals surface area contributed by atoms with Crippen molar-refractivity contribution < 1.29 is 14.3 Å². The van der Waals surface area contributed by atoms with Gasteiger partial charge in [0.2, 0.25) is 11.8 Å². The molecular formula is C21H24N2O3. The zero-order valence-electron chi connectivity index (χ0n) is 15.4. The second kappa shape index (κ2) is 9.42. The molecule has 0 fully saturated rings. The fraction of sp³-hybridized carbons (Fsp3) is 0.238. The smallest absolute Gasteiger partial charge is 0.246 e. The maximum atomic E-state index is 12.3. The summed E-state index contributed by atoms with van der Waals surface area (Å²) in [7, 11) is 4.95. The molecule has 0 aliphatic carbocycles. The molecule has 0 heterocycles. The number of nitrogens with zero attached hydrogens (tertiary/aromatic N) is 2. The molecule has 0 saturated carbocycles. The van der Waals surface area contributed by atoms with Gasteiger partial charge in [-0.2, -0.15) is 0 Å². The quantitative estimate of drug-likeness (QED) is 0.720. The van der Waals surface area contributed by atoms with Crippen molar-refractivity contribution in [3.8, 4) is 5.75 Å². The normalized spacial score (nSPS) is 10.6. The Morgan fingerprint density at radius 2 is 1.73 bits per heavy atom. The van der Waals surface area contributed by atoms with Crippen molar-refractivity contribution in [2.45, 2.75) is 6.54 Å². The van der Waals surface area contributed by atoms with Crippen molar-refractivity contribution in [1.29, 1.82) is 0 Å². The number of ether oxygens (including phenoxy) is 1. The van der Waals surface area contributed by atoms with Gasteiger partial charge < -0.3 is 14.5 Å². The van der Waals surface area contributed by atoms with Gasteiger partial charge in [0.15, 0.2) is 0 Å². The molecule has 0 unspecified atom stereocenters. The van der Waals surface area contributed by atoms with Gasteiger partial charge in [0.05, 0.1) is 13.7 Å². The summed E-state index contributed by atoms with van der Waals surface area (Å²) in [4.78, 5) is 27.6. The average molecular weight is 352 g/mol. The third kappa shape index (κ3) is 5.77. The Balaban J connectivity index is 1.89. The topological polar surface area (TPSA) is 49.9 Å². The number of hydrogen-bond donors (Lipinski definition) is 0. The van der Waals surface area contributed by atoms with Gasteiger partial charge in [-0.15, -0.1) is 0 Å². The van der Waals surface area contributed by atoms with Gasteiger partial charge >= 0.3 is 0 Å². The van der Waals surface area contributed by atoms with Crippen LogP contribution in [0.15, 0.2) is 60.7 Å². The van der Waals surface area contributed by atoms with E-state index in [-0.39, 0.29) is 18.4 Å². The van der Waals surface area contributed by atoms with Crippen LogP contribution < -0.4 is 4.74 Å². The highest BCUT2D eigenvalue weighted by atomic mass is 16.5. The summed E-state index contributed by atoms with van der Waals surface area (Å²) >= 11 is 0. The third-order valence-electron chi connectivity index (χ3n) is 3.95. The van der Waals surface area contributed by atoms with Crippen LogP contribution in [0.25, 0.3) is 6.08 Å². The molecule has 0 aliphatic heterocycles. The average Bonchev–Trinajstić information content (AvgIpc) is 2.66. The third-order valence-corrected chi connectivity index (χ3v) is 3.95. The van der Waals surface area contributed by atoms with E-state index in [1.54, 1.807) is 32.2 Å². The van der Waals surface area contributed by atoms with Gasteiger partial charge in [-0.05, 0) is 29.3 Å². The summed E-state index contributed by atoms with van der Waals surface area (Å²) < 4.78 is 5.16. The molecule has 0 bridgehead atoms. The van der Waals surface area contributed by atoms with Crippen LogP contribution in [0, 0.1) is 0 Å². The fourth-order valence-corrected chi connectivity index (χ4v) is 2.39. The first-order chi connectivity index (χ1) is 12.5. The Bertz CT molecular complexity index is 772. The molecule has 0 aliphatic rings. The minimum Gasteiger partial charge on any atom is -0.497 e. The molecule has 0 radical (unpaired) electrons. The van der Waals surface area contributed by atoms with E-state index in [9.17, 15) is 9.59 Å². The number of benzene rings is 2. The van der Waals surface area contributed by atoms with Gasteiger partial charge in [-0.1, -0.05) is 42.5 Å². The fourth-order valence-electron chi connectivity index (χ4n) is 2.39. The molecule has 2 amide bonds. The largest absolute Gasteiger partial charge is 0.497 e. The molecule has 5 nitrogen and oxygen atoms in total. The van der Waals surface area contributed by atoms with Crippen molar-refractivity contribution >= 4 is 17.9 Å². The first-order valence-electron chi connectivity index (χ1n) is 8.34. The van der Waals surface area contributed by atoms with E-state index in [4.69, 9.17) is 4.74 Å². The Kier molecular flexibility index (Phi) is 6.97. The summed E-state index contributed by atoms with van der Waals surface area (Å²) in [6.07, 6.45) is 3.17. The molecule has 0 spiro atoms. The molecule has 136 valence electrons. The Hall–Kier alpha value is -3.08. The van der Waals surface area contributed by atoms with Crippen molar-refractivity contribution in [2.24, 2.45) is 0 Å². The van der Waals surface area contributed by atoms with Crippen molar-refractivity contribution in [3.05, 3.63) is 71.8 Å². The maximum absolute atomic E-state index is 12.3. The summed E-state index contributed by atoms with van der Waals surface area (Å²) in [5.41, 5.74) is 1.91. The van der Waals surface area contributed by atoms with Crippen LogP contribution in [0.2, 0.25) is 0 Å². The predicted octanol–water partition coefficient (Wildman–Crippen LogP) is 2.83. The van der Waals surface area contributed by atoms with Crippen molar-refractivity contribution in [1.82, 2.24) is 9.80 Å². The molecule has 0 aromatic heterocycles. The van der Waals surface area contributed by atoms with Crippen LogP contribution in [0.3, 0.4) is 0 Å². The Labute approximate surface area is 154 Å².